The number of amides is 1. The SMILES string of the molecule is CC(=Nc1cc(N)ccc1F)NC(=O)OC(C)(C)C. The van der Waals surface area contributed by atoms with Gasteiger partial charge in [-0.2, -0.15) is 0 Å². The summed E-state index contributed by atoms with van der Waals surface area (Å²) in [5.41, 5.74) is 5.39. The summed E-state index contributed by atoms with van der Waals surface area (Å²) >= 11 is 0. The first kappa shape index (κ1) is 14.9. The molecule has 0 spiro atoms. The van der Waals surface area contributed by atoms with E-state index >= 15 is 0 Å². The molecule has 0 radical (unpaired) electrons. The number of amidine groups is 1. The number of aliphatic imine (C=N–C) groups is 1. The molecule has 104 valence electrons. The number of hydrogen-bond donors (Lipinski definition) is 2. The lowest BCUT2D eigenvalue weighted by atomic mass is 10.2. The molecule has 6 heteroatoms. The zero-order valence-corrected chi connectivity index (χ0v) is 11.5. The summed E-state index contributed by atoms with van der Waals surface area (Å²) in [6.45, 7) is 6.77. The van der Waals surface area contributed by atoms with E-state index in [-0.39, 0.29) is 11.5 Å². The number of nitrogens with one attached hydrogen (secondary N) is 1. The third-order valence-corrected chi connectivity index (χ3v) is 1.94. The number of benzene rings is 1. The average molecular weight is 267 g/mol. The number of nitrogen functional groups attached to an aromatic ring is 1. The molecule has 1 aromatic carbocycles. The van der Waals surface area contributed by atoms with Gasteiger partial charge in [0.15, 0.2) is 0 Å². The van der Waals surface area contributed by atoms with Crippen LogP contribution in [-0.4, -0.2) is 17.5 Å². The van der Waals surface area contributed by atoms with Gasteiger partial charge < -0.3 is 10.5 Å². The molecule has 3 N–H and O–H groups in total. The van der Waals surface area contributed by atoms with Gasteiger partial charge in [-0.15, -0.1) is 0 Å². The lowest BCUT2D eigenvalue weighted by molar-refractivity contribution is 0.0563. The molecule has 19 heavy (non-hydrogen) atoms. The Kier molecular flexibility index (Phi) is 4.47. The molecule has 5 nitrogen and oxygen atoms in total. The Labute approximate surface area is 111 Å². The van der Waals surface area contributed by atoms with Crippen LogP contribution in [0.15, 0.2) is 23.2 Å². The van der Waals surface area contributed by atoms with Crippen molar-refractivity contribution < 1.29 is 13.9 Å². The number of carbonyl (C=O) groups is 1. The normalized spacial score (nSPS) is 12.2. The Morgan fingerprint density at radius 1 is 1.42 bits per heavy atom. The van der Waals surface area contributed by atoms with Crippen molar-refractivity contribution in [1.82, 2.24) is 5.32 Å². The topological polar surface area (TPSA) is 76.7 Å². The van der Waals surface area contributed by atoms with Crippen LogP contribution >= 0.6 is 0 Å². The Morgan fingerprint density at radius 2 is 2.05 bits per heavy atom. The number of alkyl carbamates (subject to hydrolysis) is 1. The van der Waals surface area contributed by atoms with E-state index in [1.165, 1.54) is 25.1 Å². The van der Waals surface area contributed by atoms with Gasteiger partial charge in [-0.3, -0.25) is 5.32 Å². The Bertz CT molecular complexity index is 507. The molecular weight excluding hydrogens is 249 g/mol. The number of nitrogens with two attached hydrogens (primary N) is 1. The van der Waals surface area contributed by atoms with Crippen LogP contribution in [0.3, 0.4) is 0 Å². The molecule has 0 aromatic heterocycles. The van der Waals surface area contributed by atoms with Gasteiger partial charge in [0.25, 0.3) is 0 Å². The van der Waals surface area contributed by atoms with Crippen LogP contribution in [0.1, 0.15) is 27.7 Å². The molecular formula is C13H18FN3O2. The predicted octanol–water partition coefficient (Wildman–Crippen LogP) is 2.98. The van der Waals surface area contributed by atoms with E-state index in [4.69, 9.17) is 10.5 Å². The molecule has 1 rings (SSSR count). The summed E-state index contributed by atoms with van der Waals surface area (Å²) in [5, 5.41) is 2.41. The van der Waals surface area contributed by atoms with Crippen molar-refractivity contribution in [3.05, 3.63) is 24.0 Å². The molecule has 0 aliphatic carbocycles. The zero-order valence-electron chi connectivity index (χ0n) is 11.5. The van der Waals surface area contributed by atoms with Crippen LogP contribution < -0.4 is 11.1 Å². The highest BCUT2D eigenvalue weighted by Gasteiger charge is 2.16. The van der Waals surface area contributed by atoms with Gasteiger partial charge in [0.2, 0.25) is 0 Å². The van der Waals surface area contributed by atoms with Gasteiger partial charge in [-0.05, 0) is 45.9 Å². The number of nitrogens with zero attached hydrogens (tertiary/aromatic N) is 1. The number of hydrogen-bond acceptors (Lipinski definition) is 4. The smallest absolute Gasteiger partial charge is 0.413 e. The largest absolute Gasteiger partial charge is 0.444 e. The molecule has 0 bridgehead atoms. The molecule has 1 aromatic rings. The average Bonchev–Trinajstić information content (AvgIpc) is 2.20. The van der Waals surface area contributed by atoms with E-state index in [0.29, 0.717) is 5.69 Å². The van der Waals surface area contributed by atoms with Crippen LogP contribution in [0, 0.1) is 5.82 Å². The molecule has 0 unspecified atom stereocenters. The lowest BCUT2D eigenvalue weighted by Gasteiger charge is -2.19. The molecule has 0 aliphatic rings. The molecule has 0 aliphatic heterocycles. The minimum atomic E-state index is -0.641. The lowest BCUT2D eigenvalue weighted by Crippen LogP contribution is -2.35. The third kappa shape index (κ3) is 5.37. The second-order valence-corrected chi connectivity index (χ2v) is 5.03. The summed E-state index contributed by atoms with van der Waals surface area (Å²) < 4.78 is 18.5. The van der Waals surface area contributed by atoms with Crippen molar-refractivity contribution >= 4 is 23.3 Å². The zero-order chi connectivity index (χ0) is 14.6. The monoisotopic (exact) mass is 267 g/mol. The first-order chi connectivity index (χ1) is 8.67. The quantitative estimate of drug-likeness (QED) is 0.466. The minimum absolute atomic E-state index is 0.0635. The molecule has 0 saturated heterocycles. The van der Waals surface area contributed by atoms with Crippen LogP contribution in [0.25, 0.3) is 0 Å². The van der Waals surface area contributed by atoms with Gasteiger partial charge in [0.1, 0.15) is 22.9 Å². The van der Waals surface area contributed by atoms with E-state index < -0.39 is 17.5 Å². The predicted molar refractivity (Wildman–Crippen MR) is 73.0 cm³/mol. The molecule has 0 saturated carbocycles. The van der Waals surface area contributed by atoms with Gasteiger partial charge in [0.05, 0.1) is 0 Å². The highest BCUT2D eigenvalue weighted by atomic mass is 19.1. The summed E-state index contributed by atoms with van der Waals surface area (Å²) in [6.07, 6.45) is -0.641. The van der Waals surface area contributed by atoms with Crippen molar-refractivity contribution in [3.8, 4) is 0 Å². The van der Waals surface area contributed by atoms with E-state index in [2.05, 4.69) is 10.3 Å². The summed E-state index contributed by atoms with van der Waals surface area (Å²) in [5.74, 6) is -0.293. The molecule has 1 amide bonds. The Balaban J connectivity index is 2.77. The van der Waals surface area contributed by atoms with Crippen LogP contribution in [0.2, 0.25) is 0 Å². The minimum Gasteiger partial charge on any atom is -0.444 e. The fraction of sp³-hybridized carbons (Fsp3) is 0.385. The van der Waals surface area contributed by atoms with E-state index in [1.54, 1.807) is 20.8 Å². The maximum atomic E-state index is 13.4. The van der Waals surface area contributed by atoms with E-state index in [9.17, 15) is 9.18 Å². The van der Waals surface area contributed by atoms with Crippen molar-refractivity contribution in [2.24, 2.45) is 4.99 Å². The summed E-state index contributed by atoms with van der Waals surface area (Å²) in [6, 6.07) is 4.04. The van der Waals surface area contributed by atoms with Gasteiger partial charge in [-0.25, -0.2) is 14.2 Å². The summed E-state index contributed by atoms with van der Waals surface area (Å²) in [4.78, 5) is 15.4. The highest BCUT2D eigenvalue weighted by Crippen LogP contribution is 2.20. The highest BCUT2D eigenvalue weighted by molar-refractivity contribution is 5.95. The van der Waals surface area contributed by atoms with Crippen molar-refractivity contribution in [2.45, 2.75) is 33.3 Å². The fourth-order valence-corrected chi connectivity index (χ4v) is 1.28. The van der Waals surface area contributed by atoms with Crippen LogP contribution in [0.4, 0.5) is 20.6 Å². The van der Waals surface area contributed by atoms with Crippen LogP contribution in [0.5, 0.6) is 0 Å². The number of rotatable bonds is 1. The van der Waals surface area contributed by atoms with Gasteiger partial charge in [0, 0.05) is 5.69 Å². The number of ether oxygens (including phenoxy) is 1. The fourth-order valence-electron chi connectivity index (χ4n) is 1.28. The number of halogens is 1. The molecule has 0 atom stereocenters. The second kappa shape index (κ2) is 5.69. The maximum absolute atomic E-state index is 13.4. The maximum Gasteiger partial charge on any atom is 0.413 e. The first-order valence-electron chi connectivity index (χ1n) is 5.78. The van der Waals surface area contributed by atoms with Gasteiger partial charge in [-0.1, -0.05) is 0 Å². The number of carbonyl (C=O) groups excluding carboxylic acids is 1. The van der Waals surface area contributed by atoms with Crippen LogP contribution in [-0.2, 0) is 4.74 Å². The second-order valence-electron chi connectivity index (χ2n) is 5.03. The van der Waals surface area contributed by atoms with Gasteiger partial charge >= 0.3 is 6.09 Å². The third-order valence-electron chi connectivity index (χ3n) is 1.94. The standard InChI is InChI=1S/C13H18FN3O2/c1-8(17-12(18)19-13(2,3)4)16-11-7-9(15)5-6-10(11)14/h5-7H,15H2,1-4H3,(H,16,17,18). The Hall–Kier alpha value is -2.11. The Morgan fingerprint density at radius 3 is 2.63 bits per heavy atom. The number of anilines is 1. The molecule has 0 heterocycles. The van der Waals surface area contributed by atoms with E-state index in [1.807, 2.05) is 0 Å². The van der Waals surface area contributed by atoms with E-state index in [0.717, 1.165) is 0 Å². The summed E-state index contributed by atoms with van der Waals surface area (Å²) in [7, 11) is 0. The van der Waals surface area contributed by atoms with Crippen molar-refractivity contribution in [1.29, 1.82) is 0 Å². The van der Waals surface area contributed by atoms with Crippen molar-refractivity contribution in [3.63, 3.8) is 0 Å². The first-order valence-corrected chi connectivity index (χ1v) is 5.78. The molecule has 0 fully saturated rings. The van der Waals surface area contributed by atoms with Crippen molar-refractivity contribution in [2.75, 3.05) is 5.73 Å².